The minimum Gasteiger partial charge on any atom is -0.350 e. The maximum Gasteiger partial charge on any atom is 0.263 e. The average Bonchev–Trinajstić information content (AvgIpc) is 2.64. The topological polar surface area (TPSA) is 54.0 Å². The number of aromatic nitrogens is 1. The van der Waals surface area contributed by atoms with Crippen LogP contribution in [0.25, 0.3) is 0 Å². The molecule has 0 radical (unpaired) electrons. The molecule has 1 amide bonds. The van der Waals surface area contributed by atoms with E-state index in [0.717, 1.165) is 25.2 Å². The van der Waals surface area contributed by atoms with Crippen molar-refractivity contribution in [2.75, 3.05) is 19.6 Å². The summed E-state index contributed by atoms with van der Waals surface area (Å²) in [6.07, 6.45) is 1.11. The molecule has 17 heavy (non-hydrogen) atoms. The van der Waals surface area contributed by atoms with Crippen LogP contribution in [0.4, 0.5) is 0 Å². The highest BCUT2D eigenvalue weighted by Gasteiger charge is 2.09. The lowest BCUT2D eigenvalue weighted by Gasteiger charge is -2.04. The van der Waals surface area contributed by atoms with E-state index in [0.29, 0.717) is 11.4 Å². The van der Waals surface area contributed by atoms with Crippen LogP contribution in [0, 0.1) is 6.92 Å². The maximum absolute atomic E-state index is 11.6. The van der Waals surface area contributed by atoms with Gasteiger partial charge in [0.15, 0.2) is 0 Å². The molecular weight excluding hydrogens is 281 g/mol. The van der Waals surface area contributed by atoms with Crippen LogP contribution in [0.1, 0.15) is 28.7 Å². The Hall–Kier alpha value is -0.360. The molecule has 1 aromatic heterocycles. The van der Waals surface area contributed by atoms with Crippen LogP contribution in [0.15, 0.2) is 5.51 Å². The van der Waals surface area contributed by atoms with Crippen molar-refractivity contribution in [3.63, 3.8) is 0 Å². The lowest BCUT2D eigenvalue weighted by Crippen LogP contribution is -2.32. The first kappa shape index (κ1) is 19.0. The van der Waals surface area contributed by atoms with E-state index in [1.165, 1.54) is 11.3 Å². The predicted octanol–water partition coefficient (Wildman–Crippen LogP) is 2.02. The summed E-state index contributed by atoms with van der Waals surface area (Å²) >= 11 is 1.38. The monoisotopic (exact) mass is 299 g/mol. The van der Waals surface area contributed by atoms with Crippen molar-refractivity contribution in [3.8, 4) is 0 Å². The fourth-order valence-electron chi connectivity index (χ4n) is 1.17. The van der Waals surface area contributed by atoms with Gasteiger partial charge < -0.3 is 10.6 Å². The van der Waals surface area contributed by atoms with Gasteiger partial charge in [0.25, 0.3) is 5.91 Å². The Kier molecular flexibility index (Phi) is 12.0. The first-order valence-electron chi connectivity index (χ1n) is 5.14. The number of carbonyl (C=O) groups excluding carboxylic acids is 1. The van der Waals surface area contributed by atoms with E-state index in [2.05, 4.69) is 22.5 Å². The molecule has 1 heterocycles. The van der Waals surface area contributed by atoms with Gasteiger partial charge in [-0.2, -0.15) is 0 Å². The molecule has 0 aromatic carbocycles. The molecule has 0 spiro atoms. The molecule has 1 rings (SSSR count). The highest BCUT2D eigenvalue weighted by Crippen LogP contribution is 2.10. The summed E-state index contributed by atoms with van der Waals surface area (Å²) in [6.45, 7) is 6.44. The number of hydrogen-bond acceptors (Lipinski definition) is 4. The van der Waals surface area contributed by atoms with Crippen molar-refractivity contribution in [1.82, 2.24) is 15.6 Å². The van der Waals surface area contributed by atoms with Crippen LogP contribution in [-0.4, -0.2) is 30.5 Å². The lowest BCUT2D eigenvalue weighted by atomic mass is 10.4. The molecule has 0 aliphatic heterocycles. The fourth-order valence-corrected chi connectivity index (χ4v) is 1.89. The van der Waals surface area contributed by atoms with Gasteiger partial charge in [0.1, 0.15) is 4.88 Å². The first-order chi connectivity index (χ1) is 7.25. The molecule has 0 bridgehead atoms. The van der Waals surface area contributed by atoms with Gasteiger partial charge in [-0.25, -0.2) is 4.98 Å². The molecule has 0 aliphatic rings. The zero-order chi connectivity index (χ0) is 11.1. The van der Waals surface area contributed by atoms with Crippen LogP contribution < -0.4 is 10.6 Å². The van der Waals surface area contributed by atoms with E-state index < -0.39 is 0 Å². The Labute approximate surface area is 118 Å². The molecule has 0 fully saturated rings. The number of carbonyl (C=O) groups is 1. The zero-order valence-corrected chi connectivity index (χ0v) is 12.4. The third-order valence-electron chi connectivity index (χ3n) is 1.97. The van der Waals surface area contributed by atoms with Crippen LogP contribution in [0.2, 0.25) is 0 Å². The fraction of sp³-hybridized carbons (Fsp3) is 0.600. The molecule has 4 nitrogen and oxygen atoms in total. The first-order valence-corrected chi connectivity index (χ1v) is 6.02. The predicted molar refractivity (Wildman–Crippen MR) is 76.8 cm³/mol. The van der Waals surface area contributed by atoms with Gasteiger partial charge in [0, 0.05) is 13.1 Å². The van der Waals surface area contributed by atoms with Crippen molar-refractivity contribution in [2.45, 2.75) is 20.3 Å². The molecule has 0 unspecified atom stereocenters. The summed E-state index contributed by atoms with van der Waals surface area (Å²) in [5.74, 6) is -0.0201. The number of nitrogens with one attached hydrogen (secondary N) is 2. The van der Waals surface area contributed by atoms with Gasteiger partial charge in [0.05, 0.1) is 11.2 Å². The minimum absolute atomic E-state index is 0. The SMILES string of the molecule is CCCNCCNC(=O)c1scnc1C.Cl.Cl. The Balaban J connectivity index is 0. The number of aryl methyl sites for hydroxylation is 1. The van der Waals surface area contributed by atoms with E-state index in [-0.39, 0.29) is 30.7 Å². The molecule has 100 valence electrons. The zero-order valence-electron chi connectivity index (χ0n) is 9.99. The van der Waals surface area contributed by atoms with E-state index in [1.807, 2.05) is 6.92 Å². The molecule has 0 aliphatic carbocycles. The number of hydrogen-bond donors (Lipinski definition) is 2. The summed E-state index contributed by atoms with van der Waals surface area (Å²) in [6, 6.07) is 0. The highest BCUT2D eigenvalue weighted by molar-refractivity contribution is 7.11. The second kappa shape index (κ2) is 10.8. The van der Waals surface area contributed by atoms with Crippen LogP contribution in [0.5, 0.6) is 0 Å². The van der Waals surface area contributed by atoms with E-state index in [1.54, 1.807) is 5.51 Å². The van der Waals surface area contributed by atoms with Crippen molar-refractivity contribution < 1.29 is 4.79 Å². The summed E-state index contributed by atoms with van der Waals surface area (Å²) < 4.78 is 0. The van der Waals surface area contributed by atoms with Gasteiger partial charge in [-0.15, -0.1) is 36.2 Å². The van der Waals surface area contributed by atoms with E-state index in [9.17, 15) is 4.79 Å². The average molecular weight is 300 g/mol. The Morgan fingerprint density at radius 3 is 2.59 bits per heavy atom. The molecule has 0 saturated heterocycles. The molecule has 1 aromatic rings. The minimum atomic E-state index is -0.0201. The van der Waals surface area contributed by atoms with Gasteiger partial charge in [0.2, 0.25) is 0 Å². The quantitative estimate of drug-likeness (QED) is 0.790. The van der Waals surface area contributed by atoms with Crippen molar-refractivity contribution in [3.05, 3.63) is 16.1 Å². The smallest absolute Gasteiger partial charge is 0.263 e. The molecule has 7 heteroatoms. The summed E-state index contributed by atoms with van der Waals surface area (Å²) in [5, 5.41) is 6.08. The Bertz CT molecular complexity index is 320. The van der Waals surface area contributed by atoms with Crippen molar-refractivity contribution in [1.29, 1.82) is 0 Å². The van der Waals surface area contributed by atoms with Crippen LogP contribution >= 0.6 is 36.2 Å². The standard InChI is InChI=1S/C10H17N3OS.2ClH/c1-3-4-11-5-6-12-10(14)9-8(2)13-7-15-9;;/h7,11H,3-6H2,1-2H3,(H,12,14);2*1H. The second-order valence-corrected chi connectivity index (χ2v) is 4.13. The summed E-state index contributed by atoms with van der Waals surface area (Å²) in [4.78, 5) is 16.3. The third kappa shape index (κ3) is 6.83. The van der Waals surface area contributed by atoms with E-state index in [4.69, 9.17) is 0 Å². The van der Waals surface area contributed by atoms with Crippen LogP contribution in [-0.2, 0) is 0 Å². The highest BCUT2D eigenvalue weighted by atomic mass is 35.5. The van der Waals surface area contributed by atoms with Crippen molar-refractivity contribution >= 4 is 42.1 Å². The summed E-state index contributed by atoms with van der Waals surface area (Å²) in [5.41, 5.74) is 2.50. The van der Waals surface area contributed by atoms with Gasteiger partial charge in [-0.3, -0.25) is 4.79 Å². The lowest BCUT2D eigenvalue weighted by molar-refractivity contribution is 0.0957. The molecule has 2 N–H and O–H groups in total. The number of halogens is 2. The second-order valence-electron chi connectivity index (χ2n) is 3.27. The number of amides is 1. The molecule has 0 atom stereocenters. The van der Waals surface area contributed by atoms with E-state index >= 15 is 0 Å². The van der Waals surface area contributed by atoms with Crippen LogP contribution in [0.3, 0.4) is 0 Å². The van der Waals surface area contributed by atoms with Gasteiger partial charge >= 0.3 is 0 Å². The Morgan fingerprint density at radius 2 is 2.06 bits per heavy atom. The molecular formula is C10H19Cl2N3OS. The Morgan fingerprint density at radius 1 is 1.35 bits per heavy atom. The number of thiazole rings is 1. The van der Waals surface area contributed by atoms with Crippen molar-refractivity contribution in [2.24, 2.45) is 0 Å². The normalized spacial score (nSPS) is 9.06. The van der Waals surface area contributed by atoms with Gasteiger partial charge in [-0.1, -0.05) is 6.92 Å². The number of nitrogens with zero attached hydrogens (tertiary/aromatic N) is 1. The third-order valence-corrected chi connectivity index (χ3v) is 2.89. The largest absolute Gasteiger partial charge is 0.350 e. The number of rotatable bonds is 6. The summed E-state index contributed by atoms with van der Waals surface area (Å²) in [7, 11) is 0. The maximum atomic E-state index is 11.6. The van der Waals surface area contributed by atoms with Gasteiger partial charge in [-0.05, 0) is 19.9 Å². The molecule has 0 saturated carbocycles.